The summed E-state index contributed by atoms with van der Waals surface area (Å²) < 4.78 is 1.63. The van der Waals surface area contributed by atoms with Crippen molar-refractivity contribution in [2.45, 2.75) is 26.2 Å². The van der Waals surface area contributed by atoms with Gasteiger partial charge in [-0.1, -0.05) is 20.8 Å². The Balaban J connectivity index is 2.70. The van der Waals surface area contributed by atoms with Crippen molar-refractivity contribution in [2.24, 2.45) is 0 Å². The Kier molecular flexibility index (Phi) is 1.74. The summed E-state index contributed by atoms with van der Waals surface area (Å²) in [7, 11) is 0. The first kappa shape index (κ1) is 8.99. The van der Waals surface area contributed by atoms with Gasteiger partial charge in [-0.25, -0.2) is 4.98 Å². The molecule has 0 unspecified atom stereocenters. The average Bonchev–Trinajstić information content (AvgIpc) is 2.50. The highest BCUT2D eigenvalue weighted by atomic mass is 15.3. The maximum atomic E-state index is 5.86. The molecule has 14 heavy (non-hydrogen) atoms. The molecule has 2 N–H and O–H groups in total. The zero-order valence-corrected chi connectivity index (χ0v) is 8.65. The van der Waals surface area contributed by atoms with E-state index in [1.807, 2.05) is 12.1 Å². The number of rotatable bonds is 0. The van der Waals surface area contributed by atoms with Crippen LogP contribution in [0.5, 0.6) is 0 Å². The Labute approximate surface area is 82.8 Å². The first-order valence-electron chi connectivity index (χ1n) is 4.59. The maximum absolute atomic E-state index is 5.86. The fourth-order valence-corrected chi connectivity index (χ4v) is 1.32. The lowest BCUT2D eigenvalue weighted by Gasteiger charge is -2.18. The maximum Gasteiger partial charge on any atom is 0.157 e. The molecule has 2 aromatic heterocycles. The van der Waals surface area contributed by atoms with E-state index in [1.54, 1.807) is 10.7 Å². The summed E-state index contributed by atoms with van der Waals surface area (Å²) in [6.45, 7) is 6.34. The third-order valence-electron chi connectivity index (χ3n) is 2.16. The van der Waals surface area contributed by atoms with E-state index in [0.717, 1.165) is 11.3 Å². The Morgan fingerprint density at radius 3 is 2.71 bits per heavy atom. The van der Waals surface area contributed by atoms with Gasteiger partial charge in [0, 0.05) is 17.5 Å². The molecular formula is C10H14N4. The third kappa shape index (κ3) is 1.32. The molecule has 2 aromatic rings. The number of nitrogens with zero attached hydrogens (tertiary/aromatic N) is 3. The van der Waals surface area contributed by atoms with Crippen molar-refractivity contribution in [3.05, 3.63) is 24.0 Å². The number of hydrogen-bond donors (Lipinski definition) is 1. The van der Waals surface area contributed by atoms with Gasteiger partial charge in [-0.3, -0.25) is 0 Å². The van der Waals surface area contributed by atoms with E-state index in [2.05, 4.69) is 30.9 Å². The molecule has 0 aliphatic heterocycles. The van der Waals surface area contributed by atoms with E-state index >= 15 is 0 Å². The molecule has 0 atom stereocenters. The molecule has 0 aromatic carbocycles. The minimum Gasteiger partial charge on any atom is -0.384 e. The van der Waals surface area contributed by atoms with Crippen molar-refractivity contribution >= 4 is 11.5 Å². The number of nitrogen functional groups attached to an aromatic ring is 1. The number of fused-ring (bicyclic) bond motifs is 1. The highest BCUT2D eigenvalue weighted by Gasteiger charge is 2.17. The fourth-order valence-electron chi connectivity index (χ4n) is 1.32. The van der Waals surface area contributed by atoms with Crippen LogP contribution in [0, 0.1) is 0 Å². The molecule has 0 bridgehead atoms. The zero-order chi connectivity index (χ0) is 10.3. The van der Waals surface area contributed by atoms with Crippen LogP contribution in [-0.2, 0) is 5.41 Å². The first-order valence-corrected chi connectivity index (χ1v) is 4.59. The second kappa shape index (κ2) is 2.70. The molecule has 4 heteroatoms. The van der Waals surface area contributed by atoms with Gasteiger partial charge in [0.1, 0.15) is 5.82 Å². The van der Waals surface area contributed by atoms with Crippen molar-refractivity contribution in [3.63, 3.8) is 0 Å². The van der Waals surface area contributed by atoms with Crippen LogP contribution in [0.1, 0.15) is 26.5 Å². The van der Waals surface area contributed by atoms with Gasteiger partial charge in [-0.05, 0) is 0 Å². The minimum atomic E-state index is 0.0140. The van der Waals surface area contributed by atoms with Crippen LogP contribution in [0.3, 0.4) is 0 Å². The molecule has 0 fully saturated rings. The summed E-state index contributed by atoms with van der Waals surface area (Å²) in [6.07, 6.45) is 1.70. The summed E-state index contributed by atoms with van der Waals surface area (Å²) in [5.74, 6) is 0.630. The molecule has 2 heterocycles. The number of hydrogen-bond acceptors (Lipinski definition) is 3. The smallest absolute Gasteiger partial charge is 0.157 e. The molecule has 0 aliphatic rings. The van der Waals surface area contributed by atoms with E-state index in [4.69, 9.17) is 5.73 Å². The van der Waals surface area contributed by atoms with Crippen LogP contribution in [0.15, 0.2) is 18.3 Å². The average molecular weight is 190 g/mol. The van der Waals surface area contributed by atoms with Crippen molar-refractivity contribution < 1.29 is 0 Å². The predicted octanol–water partition coefficient (Wildman–Crippen LogP) is 1.61. The number of aromatic nitrogens is 3. The Hall–Kier alpha value is -1.58. The fraction of sp³-hybridized carbons (Fsp3) is 0.400. The minimum absolute atomic E-state index is 0.0140. The summed E-state index contributed by atoms with van der Waals surface area (Å²) in [5, 5.41) is 4.07. The van der Waals surface area contributed by atoms with Gasteiger partial charge >= 0.3 is 0 Å². The molecule has 0 radical (unpaired) electrons. The van der Waals surface area contributed by atoms with Gasteiger partial charge in [0.05, 0.1) is 11.9 Å². The molecular weight excluding hydrogens is 176 g/mol. The summed E-state index contributed by atoms with van der Waals surface area (Å²) >= 11 is 0. The molecule has 2 rings (SSSR count). The summed E-state index contributed by atoms with van der Waals surface area (Å²) in [5.41, 5.74) is 7.66. The molecule has 0 spiro atoms. The van der Waals surface area contributed by atoms with Gasteiger partial charge in [-0.15, -0.1) is 0 Å². The quantitative estimate of drug-likeness (QED) is 0.686. The molecule has 4 nitrogen and oxygen atoms in total. The van der Waals surface area contributed by atoms with E-state index in [9.17, 15) is 0 Å². The highest BCUT2D eigenvalue weighted by Crippen LogP contribution is 2.22. The second-order valence-electron chi connectivity index (χ2n) is 4.42. The molecule has 0 saturated carbocycles. The molecule has 0 saturated heterocycles. The SMILES string of the molecule is CC(C)(C)c1cc(N)n2nccc2n1. The van der Waals surface area contributed by atoms with Crippen molar-refractivity contribution in [2.75, 3.05) is 5.73 Å². The largest absolute Gasteiger partial charge is 0.384 e. The molecule has 74 valence electrons. The summed E-state index contributed by atoms with van der Waals surface area (Å²) in [6, 6.07) is 3.73. The van der Waals surface area contributed by atoms with Crippen LogP contribution in [-0.4, -0.2) is 14.6 Å². The topological polar surface area (TPSA) is 56.2 Å². The zero-order valence-electron chi connectivity index (χ0n) is 8.65. The Bertz CT molecular complexity index is 464. The van der Waals surface area contributed by atoms with Crippen molar-refractivity contribution in [3.8, 4) is 0 Å². The normalized spacial score (nSPS) is 12.2. The first-order chi connectivity index (χ1) is 6.48. The Morgan fingerprint density at radius 1 is 1.36 bits per heavy atom. The number of anilines is 1. The number of nitrogens with two attached hydrogens (primary N) is 1. The van der Waals surface area contributed by atoms with Gasteiger partial charge in [0.2, 0.25) is 0 Å². The van der Waals surface area contributed by atoms with Gasteiger partial charge in [0.15, 0.2) is 5.65 Å². The van der Waals surface area contributed by atoms with Gasteiger partial charge < -0.3 is 5.73 Å². The lowest BCUT2D eigenvalue weighted by Crippen LogP contribution is -2.15. The Morgan fingerprint density at radius 2 is 2.07 bits per heavy atom. The van der Waals surface area contributed by atoms with E-state index in [-0.39, 0.29) is 5.41 Å². The second-order valence-corrected chi connectivity index (χ2v) is 4.42. The van der Waals surface area contributed by atoms with Crippen molar-refractivity contribution in [1.82, 2.24) is 14.6 Å². The molecule has 0 aliphatic carbocycles. The third-order valence-corrected chi connectivity index (χ3v) is 2.16. The van der Waals surface area contributed by atoms with Gasteiger partial charge in [-0.2, -0.15) is 9.61 Å². The lowest BCUT2D eigenvalue weighted by molar-refractivity contribution is 0.569. The monoisotopic (exact) mass is 190 g/mol. The van der Waals surface area contributed by atoms with Crippen LogP contribution in [0.4, 0.5) is 5.82 Å². The lowest BCUT2D eigenvalue weighted by atomic mass is 9.92. The van der Waals surface area contributed by atoms with E-state index in [0.29, 0.717) is 5.82 Å². The highest BCUT2D eigenvalue weighted by molar-refractivity contribution is 5.47. The predicted molar refractivity (Wildman–Crippen MR) is 56.1 cm³/mol. The van der Waals surface area contributed by atoms with Crippen LogP contribution >= 0.6 is 0 Å². The van der Waals surface area contributed by atoms with Gasteiger partial charge in [0.25, 0.3) is 0 Å². The van der Waals surface area contributed by atoms with Crippen molar-refractivity contribution in [1.29, 1.82) is 0 Å². The van der Waals surface area contributed by atoms with Crippen LogP contribution in [0.2, 0.25) is 0 Å². The van der Waals surface area contributed by atoms with Crippen LogP contribution in [0.25, 0.3) is 5.65 Å². The summed E-state index contributed by atoms with van der Waals surface area (Å²) in [4.78, 5) is 4.49. The van der Waals surface area contributed by atoms with E-state index < -0.39 is 0 Å². The standard InChI is InChI=1S/C10H14N4/c1-10(2,3)7-6-8(11)14-9(13-7)4-5-12-14/h4-6H,11H2,1-3H3. The van der Waals surface area contributed by atoms with Crippen LogP contribution < -0.4 is 5.73 Å². The molecule has 0 amide bonds. The van der Waals surface area contributed by atoms with E-state index in [1.165, 1.54) is 0 Å².